The van der Waals surface area contributed by atoms with Gasteiger partial charge in [-0.3, -0.25) is 5.10 Å². The van der Waals surface area contributed by atoms with Crippen LogP contribution < -0.4 is 4.74 Å². The van der Waals surface area contributed by atoms with Crippen molar-refractivity contribution in [2.24, 2.45) is 0 Å². The first-order chi connectivity index (χ1) is 10.3. The zero-order valence-corrected chi connectivity index (χ0v) is 14.3. The van der Waals surface area contributed by atoms with Crippen molar-refractivity contribution in [2.45, 2.75) is 11.8 Å². The molecule has 7 heteroatoms. The molecule has 0 aliphatic heterocycles. The zero-order valence-electron chi connectivity index (χ0n) is 11.9. The summed E-state index contributed by atoms with van der Waals surface area (Å²) in [6.07, 6.45) is 1.18. The second-order valence-electron chi connectivity index (χ2n) is 5.05. The largest absolute Gasteiger partial charge is 0.455 e. The van der Waals surface area contributed by atoms with E-state index in [0.717, 1.165) is 21.1 Å². The van der Waals surface area contributed by atoms with Gasteiger partial charge in [-0.05, 0) is 64.8 Å². The highest BCUT2D eigenvalue weighted by Crippen LogP contribution is 2.33. The van der Waals surface area contributed by atoms with Gasteiger partial charge in [0.25, 0.3) is 0 Å². The number of rotatable bonds is 3. The Hall–Kier alpha value is -1.86. The minimum atomic E-state index is -3.21. The lowest BCUT2D eigenvalue weighted by Gasteiger charge is -2.08. The van der Waals surface area contributed by atoms with Crippen molar-refractivity contribution in [1.82, 2.24) is 10.2 Å². The number of benzene rings is 2. The molecule has 22 heavy (non-hydrogen) atoms. The summed E-state index contributed by atoms with van der Waals surface area (Å²) in [6, 6.07) is 10.2. The molecule has 1 aromatic heterocycles. The first-order valence-electron chi connectivity index (χ1n) is 6.47. The van der Waals surface area contributed by atoms with Crippen molar-refractivity contribution < 1.29 is 13.2 Å². The van der Waals surface area contributed by atoms with Crippen LogP contribution in [0.1, 0.15) is 5.56 Å². The lowest BCUT2D eigenvalue weighted by molar-refractivity contribution is 0.486. The van der Waals surface area contributed by atoms with Crippen molar-refractivity contribution in [2.75, 3.05) is 6.26 Å². The topological polar surface area (TPSA) is 72.1 Å². The van der Waals surface area contributed by atoms with E-state index in [1.807, 2.05) is 19.1 Å². The SMILES string of the molecule is Cc1cc(Oc2ccc(S(C)(=O)=O)cc2)c2[nH]nc(Br)c2c1. The maximum atomic E-state index is 11.5. The fraction of sp³-hybridized carbons (Fsp3) is 0.133. The van der Waals surface area contributed by atoms with Gasteiger partial charge in [-0.2, -0.15) is 5.10 Å². The van der Waals surface area contributed by atoms with Gasteiger partial charge in [0.2, 0.25) is 0 Å². The van der Waals surface area contributed by atoms with Crippen molar-refractivity contribution in [3.63, 3.8) is 0 Å². The van der Waals surface area contributed by atoms with E-state index in [9.17, 15) is 8.42 Å². The first kappa shape index (κ1) is 15.1. The van der Waals surface area contributed by atoms with Crippen LogP contribution in [-0.4, -0.2) is 24.9 Å². The van der Waals surface area contributed by atoms with Gasteiger partial charge in [-0.15, -0.1) is 0 Å². The second kappa shape index (κ2) is 5.40. The molecule has 114 valence electrons. The lowest BCUT2D eigenvalue weighted by Crippen LogP contribution is -1.96. The van der Waals surface area contributed by atoms with E-state index in [-0.39, 0.29) is 4.90 Å². The third-order valence-corrected chi connectivity index (χ3v) is 4.95. The number of sulfone groups is 1. The zero-order chi connectivity index (χ0) is 15.9. The van der Waals surface area contributed by atoms with Crippen LogP contribution in [-0.2, 0) is 9.84 Å². The van der Waals surface area contributed by atoms with E-state index in [0.29, 0.717) is 11.5 Å². The number of nitrogens with one attached hydrogen (secondary N) is 1. The molecular weight excluding hydrogens is 368 g/mol. The average Bonchev–Trinajstić information content (AvgIpc) is 2.80. The molecule has 1 heterocycles. The van der Waals surface area contributed by atoms with E-state index in [1.165, 1.54) is 18.4 Å². The smallest absolute Gasteiger partial charge is 0.175 e. The summed E-state index contributed by atoms with van der Waals surface area (Å²) in [6.45, 7) is 1.97. The monoisotopic (exact) mass is 380 g/mol. The minimum Gasteiger partial charge on any atom is -0.455 e. The quantitative estimate of drug-likeness (QED) is 0.749. The molecule has 3 aromatic rings. The normalized spacial score (nSPS) is 11.8. The van der Waals surface area contributed by atoms with Crippen molar-refractivity contribution >= 4 is 36.7 Å². The summed E-state index contributed by atoms with van der Waals surface area (Å²) in [5.41, 5.74) is 1.82. The summed E-state index contributed by atoms with van der Waals surface area (Å²) in [5, 5.41) is 7.97. The molecule has 0 aliphatic rings. The van der Waals surface area contributed by atoms with Gasteiger partial charge >= 0.3 is 0 Å². The molecule has 2 aromatic carbocycles. The Morgan fingerprint density at radius 1 is 1.18 bits per heavy atom. The number of hydrogen-bond donors (Lipinski definition) is 1. The molecule has 3 rings (SSSR count). The summed E-state index contributed by atoms with van der Waals surface area (Å²) in [7, 11) is -3.21. The van der Waals surface area contributed by atoms with Gasteiger partial charge in [-0.1, -0.05) is 0 Å². The standard InChI is InChI=1S/C15H13BrN2O3S/c1-9-7-12-14(17-18-15(12)16)13(8-9)21-10-3-5-11(6-4-10)22(2,19)20/h3-8H,1-2H3,(H,17,18). The van der Waals surface area contributed by atoms with Crippen LogP contribution in [0.4, 0.5) is 0 Å². The van der Waals surface area contributed by atoms with Gasteiger partial charge in [-0.25, -0.2) is 8.42 Å². The Labute approximate surface area is 136 Å². The number of ether oxygens (including phenoxy) is 1. The fourth-order valence-electron chi connectivity index (χ4n) is 2.16. The summed E-state index contributed by atoms with van der Waals surface area (Å²) in [4.78, 5) is 0.263. The molecule has 0 amide bonds. The molecule has 0 atom stereocenters. The number of aromatic amines is 1. The highest BCUT2D eigenvalue weighted by atomic mass is 79.9. The predicted octanol–water partition coefficient (Wildman–Crippen LogP) is 3.83. The minimum absolute atomic E-state index is 0.263. The fourth-order valence-corrected chi connectivity index (χ4v) is 3.19. The van der Waals surface area contributed by atoms with Gasteiger partial charge in [0.15, 0.2) is 15.6 Å². The molecule has 0 spiro atoms. The van der Waals surface area contributed by atoms with E-state index >= 15 is 0 Å². The highest BCUT2D eigenvalue weighted by Gasteiger charge is 2.11. The number of nitrogens with zero attached hydrogens (tertiary/aromatic N) is 1. The molecule has 0 bridgehead atoms. The van der Waals surface area contributed by atoms with Crippen LogP contribution in [0.15, 0.2) is 45.9 Å². The van der Waals surface area contributed by atoms with E-state index in [2.05, 4.69) is 26.1 Å². The highest BCUT2D eigenvalue weighted by molar-refractivity contribution is 9.10. The predicted molar refractivity (Wildman–Crippen MR) is 88.2 cm³/mol. The Balaban J connectivity index is 2.00. The van der Waals surface area contributed by atoms with Gasteiger partial charge in [0, 0.05) is 11.6 Å². The average molecular weight is 381 g/mol. The molecule has 0 fully saturated rings. The Morgan fingerprint density at radius 2 is 1.86 bits per heavy atom. The number of aryl methyl sites for hydroxylation is 1. The van der Waals surface area contributed by atoms with Crippen molar-refractivity contribution in [3.05, 3.63) is 46.6 Å². The first-order valence-corrected chi connectivity index (χ1v) is 9.15. The van der Waals surface area contributed by atoms with Gasteiger partial charge < -0.3 is 4.74 Å². The lowest BCUT2D eigenvalue weighted by atomic mass is 10.1. The van der Waals surface area contributed by atoms with E-state index in [1.54, 1.807) is 12.1 Å². The molecule has 0 unspecified atom stereocenters. The Kier molecular flexibility index (Phi) is 3.70. The summed E-state index contributed by atoms with van der Waals surface area (Å²) < 4.78 is 29.5. The molecular formula is C15H13BrN2O3S. The summed E-state index contributed by atoms with van der Waals surface area (Å²) in [5.74, 6) is 1.20. The van der Waals surface area contributed by atoms with Gasteiger partial charge in [0.1, 0.15) is 15.9 Å². The maximum Gasteiger partial charge on any atom is 0.175 e. The van der Waals surface area contributed by atoms with Crippen LogP contribution in [0, 0.1) is 6.92 Å². The van der Waals surface area contributed by atoms with Crippen LogP contribution in [0.2, 0.25) is 0 Å². The van der Waals surface area contributed by atoms with E-state index in [4.69, 9.17) is 4.74 Å². The molecule has 1 N–H and O–H groups in total. The van der Waals surface area contributed by atoms with Gasteiger partial charge in [0.05, 0.1) is 4.90 Å². The maximum absolute atomic E-state index is 11.5. The molecule has 0 saturated heterocycles. The van der Waals surface area contributed by atoms with Crippen LogP contribution >= 0.6 is 15.9 Å². The van der Waals surface area contributed by atoms with Crippen LogP contribution in [0.5, 0.6) is 11.5 Å². The molecule has 0 saturated carbocycles. The number of hydrogen-bond acceptors (Lipinski definition) is 4. The molecule has 5 nitrogen and oxygen atoms in total. The number of halogens is 1. The van der Waals surface area contributed by atoms with Crippen LogP contribution in [0.25, 0.3) is 10.9 Å². The molecule has 0 radical (unpaired) electrons. The Bertz CT molecular complexity index is 947. The third-order valence-electron chi connectivity index (χ3n) is 3.21. The third kappa shape index (κ3) is 2.86. The molecule has 0 aliphatic carbocycles. The van der Waals surface area contributed by atoms with Crippen molar-refractivity contribution in [3.8, 4) is 11.5 Å². The summed E-state index contributed by atoms with van der Waals surface area (Å²) >= 11 is 3.39. The number of H-pyrrole nitrogens is 1. The van der Waals surface area contributed by atoms with Crippen LogP contribution in [0.3, 0.4) is 0 Å². The number of fused-ring (bicyclic) bond motifs is 1. The Morgan fingerprint density at radius 3 is 2.50 bits per heavy atom. The number of aromatic nitrogens is 2. The van der Waals surface area contributed by atoms with E-state index < -0.39 is 9.84 Å². The van der Waals surface area contributed by atoms with Crippen molar-refractivity contribution in [1.29, 1.82) is 0 Å². The second-order valence-corrected chi connectivity index (χ2v) is 7.81.